The number of sulfonamides is 1. The van der Waals surface area contributed by atoms with E-state index in [0.29, 0.717) is 11.3 Å². The molecular formula is C17H16N2O4S. The van der Waals surface area contributed by atoms with Gasteiger partial charge >= 0.3 is 0 Å². The molecule has 0 saturated carbocycles. The Kier molecular flexibility index (Phi) is 3.90. The number of hydrogen-bond donors (Lipinski definition) is 2. The first-order valence-corrected chi connectivity index (χ1v) is 8.74. The monoisotopic (exact) mass is 344 g/mol. The number of rotatable bonds is 3. The normalized spacial score (nSPS) is 11.6. The van der Waals surface area contributed by atoms with Crippen LogP contribution in [0.3, 0.4) is 0 Å². The van der Waals surface area contributed by atoms with E-state index in [2.05, 4.69) is 5.32 Å². The van der Waals surface area contributed by atoms with Crippen molar-refractivity contribution in [3.05, 3.63) is 59.4 Å². The molecule has 1 aromatic heterocycles. The van der Waals surface area contributed by atoms with Gasteiger partial charge in [-0.3, -0.25) is 4.79 Å². The van der Waals surface area contributed by atoms with Gasteiger partial charge in [0.2, 0.25) is 10.0 Å². The average Bonchev–Trinajstić information content (AvgIpc) is 2.84. The van der Waals surface area contributed by atoms with Crippen molar-refractivity contribution in [2.75, 3.05) is 5.32 Å². The molecule has 2 aromatic carbocycles. The first-order chi connectivity index (χ1) is 11.3. The van der Waals surface area contributed by atoms with Crippen molar-refractivity contribution >= 4 is 32.6 Å². The quantitative estimate of drug-likeness (QED) is 0.762. The first-order valence-electron chi connectivity index (χ1n) is 7.19. The fourth-order valence-corrected chi connectivity index (χ4v) is 2.98. The van der Waals surface area contributed by atoms with Gasteiger partial charge in [0.1, 0.15) is 5.58 Å². The van der Waals surface area contributed by atoms with Gasteiger partial charge in [0.25, 0.3) is 5.91 Å². The number of primary sulfonamides is 1. The molecule has 0 aliphatic rings. The van der Waals surface area contributed by atoms with Gasteiger partial charge in [0.05, 0.1) is 4.90 Å². The van der Waals surface area contributed by atoms with Crippen LogP contribution in [-0.2, 0) is 10.0 Å². The predicted octanol–water partition coefficient (Wildman–Crippen LogP) is 2.95. The number of carbonyl (C=O) groups is 1. The summed E-state index contributed by atoms with van der Waals surface area (Å²) in [6.45, 7) is 3.79. The van der Waals surface area contributed by atoms with Crippen molar-refractivity contribution in [2.45, 2.75) is 18.7 Å². The largest absolute Gasteiger partial charge is 0.451 e. The Hall–Kier alpha value is -2.64. The van der Waals surface area contributed by atoms with E-state index in [1.165, 1.54) is 24.3 Å². The summed E-state index contributed by atoms with van der Waals surface area (Å²) in [5.74, 6) is -0.171. The standard InChI is InChI=1S/C17H16N2O4S/c1-10-3-8-15-14(9-10)11(2)16(23-15)17(20)19-12-4-6-13(7-5-12)24(18,21)22/h3-9H,1-2H3,(H,19,20)(H2,18,21,22). The minimum absolute atomic E-state index is 0.0177. The molecule has 0 bridgehead atoms. The SMILES string of the molecule is Cc1ccc2oc(C(=O)Nc3ccc(S(N)(=O)=O)cc3)c(C)c2c1. The molecule has 0 aliphatic heterocycles. The molecule has 0 unspecified atom stereocenters. The number of aryl methyl sites for hydroxylation is 2. The van der Waals surface area contributed by atoms with E-state index in [4.69, 9.17) is 9.56 Å². The highest BCUT2D eigenvalue weighted by atomic mass is 32.2. The molecule has 0 fully saturated rings. The van der Waals surface area contributed by atoms with Gasteiger partial charge in [-0.05, 0) is 50.2 Å². The summed E-state index contributed by atoms with van der Waals surface area (Å²) in [7, 11) is -3.76. The van der Waals surface area contributed by atoms with Crippen LogP contribution in [0.5, 0.6) is 0 Å². The van der Waals surface area contributed by atoms with Crippen LogP contribution in [0.2, 0.25) is 0 Å². The fraction of sp³-hybridized carbons (Fsp3) is 0.118. The maximum Gasteiger partial charge on any atom is 0.291 e. The Morgan fingerprint density at radius 1 is 1.08 bits per heavy atom. The molecule has 1 heterocycles. The smallest absolute Gasteiger partial charge is 0.291 e. The second-order valence-electron chi connectivity index (χ2n) is 5.58. The molecular weight excluding hydrogens is 328 g/mol. The fourth-order valence-electron chi connectivity index (χ4n) is 2.47. The molecule has 3 N–H and O–H groups in total. The molecule has 0 radical (unpaired) electrons. The van der Waals surface area contributed by atoms with Crippen LogP contribution in [-0.4, -0.2) is 14.3 Å². The number of anilines is 1. The van der Waals surface area contributed by atoms with E-state index < -0.39 is 15.9 Å². The minimum atomic E-state index is -3.76. The Bertz CT molecular complexity index is 1030. The maximum atomic E-state index is 12.4. The molecule has 0 saturated heterocycles. The zero-order valence-corrected chi connectivity index (χ0v) is 14.0. The third-order valence-corrected chi connectivity index (χ3v) is 4.67. The number of benzene rings is 2. The number of amides is 1. The van der Waals surface area contributed by atoms with Gasteiger partial charge in [-0.25, -0.2) is 13.6 Å². The Balaban J connectivity index is 1.89. The van der Waals surface area contributed by atoms with Crippen LogP contribution < -0.4 is 10.5 Å². The number of fused-ring (bicyclic) bond motifs is 1. The van der Waals surface area contributed by atoms with E-state index in [1.54, 1.807) is 0 Å². The lowest BCUT2D eigenvalue weighted by Gasteiger charge is -2.05. The van der Waals surface area contributed by atoms with Crippen LogP contribution in [0.25, 0.3) is 11.0 Å². The third kappa shape index (κ3) is 3.04. The average molecular weight is 344 g/mol. The maximum absolute atomic E-state index is 12.4. The highest BCUT2D eigenvalue weighted by Gasteiger charge is 2.18. The number of carbonyl (C=O) groups excluding carboxylic acids is 1. The van der Waals surface area contributed by atoms with Crippen LogP contribution in [0.1, 0.15) is 21.7 Å². The van der Waals surface area contributed by atoms with Crippen LogP contribution >= 0.6 is 0 Å². The van der Waals surface area contributed by atoms with E-state index in [-0.39, 0.29) is 10.7 Å². The minimum Gasteiger partial charge on any atom is -0.451 e. The Morgan fingerprint density at radius 2 is 1.75 bits per heavy atom. The second kappa shape index (κ2) is 5.77. The lowest BCUT2D eigenvalue weighted by molar-refractivity contribution is 0.0998. The van der Waals surface area contributed by atoms with Crippen molar-refractivity contribution in [3.63, 3.8) is 0 Å². The van der Waals surface area contributed by atoms with Gasteiger partial charge in [0, 0.05) is 16.6 Å². The molecule has 1 amide bonds. The summed E-state index contributed by atoms with van der Waals surface area (Å²) in [6.07, 6.45) is 0. The predicted molar refractivity (Wildman–Crippen MR) is 91.5 cm³/mol. The Labute approximate surface area is 139 Å². The zero-order chi connectivity index (χ0) is 17.5. The van der Waals surface area contributed by atoms with Crippen LogP contribution in [0.15, 0.2) is 51.8 Å². The number of furan rings is 1. The van der Waals surface area contributed by atoms with E-state index in [1.807, 2.05) is 32.0 Å². The van der Waals surface area contributed by atoms with Crippen molar-refractivity contribution in [2.24, 2.45) is 5.14 Å². The zero-order valence-electron chi connectivity index (χ0n) is 13.2. The molecule has 124 valence electrons. The van der Waals surface area contributed by atoms with Crippen molar-refractivity contribution in [1.29, 1.82) is 0 Å². The van der Waals surface area contributed by atoms with Gasteiger partial charge in [-0.2, -0.15) is 0 Å². The summed E-state index contributed by atoms with van der Waals surface area (Å²) in [4.78, 5) is 12.4. The molecule has 0 atom stereocenters. The number of hydrogen-bond acceptors (Lipinski definition) is 4. The molecule has 0 spiro atoms. The van der Waals surface area contributed by atoms with Crippen LogP contribution in [0, 0.1) is 13.8 Å². The van der Waals surface area contributed by atoms with E-state index >= 15 is 0 Å². The van der Waals surface area contributed by atoms with Gasteiger partial charge < -0.3 is 9.73 Å². The molecule has 3 rings (SSSR count). The van der Waals surface area contributed by atoms with E-state index in [9.17, 15) is 13.2 Å². The summed E-state index contributed by atoms with van der Waals surface area (Å²) in [5.41, 5.74) is 2.93. The van der Waals surface area contributed by atoms with Gasteiger partial charge in [-0.15, -0.1) is 0 Å². The lowest BCUT2D eigenvalue weighted by atomic mass is 10.1. The second-order valence-corrected chi connectivity index (χ2v) is 7.14. The number of nitrogens with two attached hydrogens (primary N) is 1. The highest BCUT2D eigenvalue weighted by Crippen LogP contribution is 2.27. The van der Waals surface area contributed by atoms with Crippen molar-refractivity contribution < 1.29 is 17.6 Å². The third-order valence-electron chi connectivity index (χ3n) is 3.74. The van der Waals surface area contributed by atoms with Gasteiger partial charge in [-0.1, -0.05) is 11.6 Å². The van der Waals surface area contributed by atoms with E-state index in [0.717, 1.165) is 16.5 Å². The summed E-state index contributed by atoms with van der Waals surface area (Å²) in [5, 5.41) is 8.62. The summed E-state index contributed by atoms with van der Waals surface area (Å²) >= 11 is 0. The van der Waals surface area contributed by atoms with Crippen molar-refractivity contribution in [3.8, 4) is 0 Å². The lowest BCUT2D eigenvalue weighted by Crippen LogP contribution is -2.14. The molecule has 7 heteroatoms. The molecule has 3 aromatic rings. The Morgan fingerprint density at radius 3 is 2.38 bits per heavy atom. The van der Waals surface area contributed by atoms with Crippen LogP contribution in [0.4, 0.5) is 5.69 Å². The summed E-state index contributed by atoms with van der Waals surface area (Å²) < 4.78 is 28.1. The molecule has 24 heavy (non-hydrogen) atoms. The van der Waals surface area contributed by atoms with Crippen molar-refractivity contribution in [1.82, 2.24) is 0 Å². The summed E-state index contributed by atoms with van der Waals surface area (Å²) in [6, 6.07) is 11.3. The highest BCUT2D eigenvalue weighted by molar-refractivity contribution is 7.89. The topological polar surface area (TPSA) is 102 Å². The first kappa shape index (κ1) is 16.2. The molecule has 6 nitrogen and oxygen atoms in total. The molecule has 0 aliphatic carbocycles. The van der Waals surface area contributed by atoms with Gasteiger partial charge in [0.15, 0.2) is 5.76 Å². The number of nitrogens with one attached hydrogen (secondary N) is 1.